The smallest absolute Gasteiger partial charge is 0.348 e. The molecule has 204 valence electrons. The molecule has 2 N–H and O–H groups in total. The number of sulfone groups is 1. The number of carbonyl (C=O) groups is 2. The Morgan fingerprint density at radius 2 is 1.62 bits per heavy atom. The minimum atomic E-state index is -5.95. The van der Waals surface area contributed by atoms with Gasteiger partial charge in [0.25, 0.3) is 23.9 Å². The van der Waals surface area contributed by atoms with Crippen LogP contribution in [0.15, 0.2) is 36.4 Å². The fourth-order valence-electron chi connectivity index (χ4n) is 3.23. The number of rotatable bonds is 9. The molecule has 6 nitrogen and oxygen atoms in total. The Labute approximate surface area is 218 Å². The van der Waals surface area contributed by atoms with E-state index in [1.165, 1.54) is 32.0 Å². The molecule has 2 amide bonds. The summed E-state index contributed by atoms with van der Waals surface area (Å²) < 4.78 is 103. The van der Waals surface area contributed by atoms with Crippen molar-refractivity contribution < 1.29 is 44.3 Å². The molecule has 0 heterocycles. The van der Waals surface area contributed by atoms with E-state index >= 15 is 0 Å². The molecule has 0 saturated heterocycles. The molecule has 0 aliphatic rings. The van der Waals surface area contributed by atoms with Gasteiger partial charge in [-0.05, 0) is 31.2 Å². The zero-order chi connectivity index (χ0) is 28.3. The SMILES string of the molecule is CCS(=O)(=O)C[C@H](C)NC(=O)c1c(Cl)cccc1C(=O)Nc1ccc(C(F)(C(F)F)C(F)(F)F)cc1Cl. The second kappa shape index (κ2) is 11.5. The highest BCUT2D eigenvalue weighted by atomic mass is 35.5. The van der Waals surface area contributed by atoms with Gasteiger partial charge in [0.1, 0.15) is 0 Å². The highest BCUT2D eigenvalue weighted by molar-refractivity contribution is 7.91. The number of anilines is 1. The van der Waals surface area contributed by atoms with Crippen molar-refractivity contribution in [2.24, 2.45) is 0 Å². The van der Waals surface area contributed by atoms with Crippen molar-refractivity contribution in [3.05, 3.63) is 63.1 Å². The van der Waals surface area contributed by atoms with Gasteiger partial charge in [-0.1, -0.05) is 42.3 Å². The maximum absolute atomic E-state index is 14.3. The Morgan fingerprint density at radius 3 is 2.14 bits per heavy atom. The van der Waals surface area contributed by atoms with Crippen LogP contribution >= 0.6 is 23.2 Å². The molecule has 37 heavy (non-hydrogen) atoms. The summed E-state index contributed by atoms with van der Waals surface area (Å²) in [5.74, 6) is -2.45. The lowest BCUT2D eigenvalue weighted by atomic mass is 9.95. The average molecular weight is 593 g/mol. The molecule has 0 aliphatic carbocycles. The summed E-state index contributed by atoms with van der Waals surface area (Å²) in [6.45, 7) is 2.86. The van der Waals surface area contributed by atoms with Crippen molar-refractivity contribution in [3.8, 4) is 0 Å². The third kappa shape index (κ3) is 6.88. The third-order valence-corrected chi connectivity index (χ3v) is 7.67. The third-order valence-electron chi connectivity index (χ3n) is 5.16. The van der Waals surface area contributed by atoms with E-state index in [9.17, 15) is 44.3 Å². The molecule has 0 fully saturated rings. The van der Waals surface area contributed by atoms with Crippen molar-refractivity contribution in [1.29, 1.82) is 0 Å². The maximum atomic E-state index is 14.3. The molecule has 2 rings (SSSR count). The van der Waals surface area contributed by atoms with Crippen LogP contribution < -0.4 is 10.6 Å². The van der Waals surface area contributed by atoms with Crippen LogP contribution in [0.1, 0.15) is 40.1 Å². The zero-order valence-electron chi connectivity index (χ0n) is 19.1. The molecule has 0 radical (unpaired) electrons. The van der Waals surface area contributed by atoms with Crippen LogP contribution in [0, 0.1) is 0 Å². The monoisotopic (exact) mass is 592 g/mol. The molecule has 0 spiro atoms. The predicted octanol–water partition coefficient (Wildman–Crippen LogP) is 5.79. The topological polar surface area (TPSA) is 92.3 Å². The number of alkyl halides is 6. The molecule has 1 unspecified atom stereocenters. The first-order valence-corrected chi connectivity index (χ1v) is 13.0. The Balaban J connectivity index is 2.36. The van der Waals surface area contributed by atoms with Crippen LogP contribution in [0.2, 0.25) is 10.0 Å². The molecule has 2 atom stereocenters. The minimum Gasteiger partial charge on any atom is -0.348 e. The van der Waals surface area contributed by atoms with E-state index in [4.69, 9.17) is 23.2 Å². The summed E-state index contributed by atoms with van der Waals surface area (Å²) in [4.78, 5) is 25.7. The summed E-state index contributed by atoms with van der Waals surface area (Å²) in [5, 5.41) is 3.75. The summed E-state index contributed by atoms with van der Waals surface area (Å²) in [5.41, 5.74) is -7.51. The summed E-state index contributed by atoms with van der Waals surface area (Å²) in [6, 6.07) is 4.31. The van der Waals surface area contributed by atoms with Gasteiger partial charge in [-0.3, -0.25) is 9.59 Å². The molecular weight excluding hydrogens is 573 g/mol. The highest BCUT2D eigenvalue weighted by Gasteiger charge is 2.64. The first-order valence-electron chi connectivity index (χ1n) is 10.4. The maximum Gasteiger partial charge on any atom is 0.432 e. The summed E-state index contributed by atoms with van der Waals surface area (Å²) in [7, 11) is -3.44. The number of benzene rings is 2. The Hall–Kier alpha value is -2.51. The molecule has 2 aromatic carbocycles. The van der Waals surface area contributed by atoms with Crippen molar-refractivity contribution in [2.45, 2.75) is 38.2 Å². The normalized spacial score (nSPS) is 14.7. The quantitative estimate of drug-likeness (QED) is 0.360. The fraction of sp³-hybridized carbons (Fsp3) is 0.364. The first kappa shape index (κ1) is 30.7. The number of nitrogens with one attached hydrogen (secondary N) is 2. The van der Waals surface area contributed by atoms with Crippen molar-refractivity contribution in [1.82, 2.24) is 5.32 Å². The lowest BCUT2D eigenvalue weighted by Crippen LogP contribution is -2.44. The molecule has 0 saturated carbocycles. The Morgan fingerprint density at radius 1 is 1.00 bits per heavy atom. The number of carbonyl (C=O) groups excluding carboxylic acids is 2. The molecular formula is C22H20Cl2F6N2O4S. The van der Waals surface area contributed by atoms with Crippen molar-refractivity contribution >= 4 is 50.5 Å². The minimum absolute atomic E-state index is 0.156. The van der Waals surface area contributed by atoms with Gasteiger partial charge < -0.3 is 10.6 Å². The van der Waals surface area contributed by atoms with Gasteiger partial charge in [-0.15, -0.1) is 0 Å². The zero-order valence-corrected chi connectivity index (χ0v) is 21.4. The fourth-order valence-corrected chi connectivity index (χ4v) is 4.80. The van der Waals surface area contributed by atoms with Crippen molar-refractivity contribution in [2.75, 3.05) is 16.8 Å². The standard InChI is InChI=1S/C22H20Cl2F6N2O4S/c1-3-37(35,36)10-11(2)31-19(34)17-13(5-4-6-14(17)23)18(33)32-16-8-7-12(9-15(16)24)21(27,20(25)26)22(28,29)30/h4-9,11,20H,3,10H2,1-2H3,(H,31,34)(H,32,33)/t11-,21?/m0/s1. The van der Waals surface area contributed by atoms with E-state index in [1.54, 1.807) is 0 Å². The van der Waals surface area contributed by atoms with Crippen LogP contribution in [-0.4, -0.2) is 50.4 Å². The largest absolute Gasteiger partial charge is 0.432 e. The van der Waals surface area contributed by atoms with Gasteiger partial charge in [0, 0.05) is 17.4 Å². The van der Waals surface area contributed by atoms with E-state index in [2.05, 4.69) is 10.6 Å². The number of hydrogen-bond acceptors (Lipinski definition) is 4. The van der Waals surface area contributed by atoms with E-state index in [1.807, 2.05) is 0 Å². The molecule has 2 aromatic rings. The van der Waals surface area contributed by atoms with Gasteiger partial charge in [0.05, 0.1) is 32.6 Å². The lowest BCUT2D eigenvalue weighted by molar-refractivity contribution is -0.274. The molecule has 0 aliphatic heterocycles. The van der Waals surface area contributed by atoms with Gasteiger partial charge >= 0.3 is 6.18 Å². The van der Waals surface area contributed by atoms with Crippen molar-refractivity contribution in [3.63, 3.8) is 0 Å². The predicted molar refractivity (Wildman–Crippen MR) is 127 cm³/mol. The number of amides is 2. The number of hydrogen-bond donors (Lipinski definition) is 2. The van der Waals surface area contributed by atoms with E-state index in [0.717, 1.165) is 0 Å². The highest BCUT2D eigenvalue weighted by Crippen LogP contribution is 2.48. The van der Waals surface area contributed by atoms with Crippen LogP contribution in [0.25, 0.3) is 0 Å². The van der Waals surface area contributed by atoms with E-state index in [-0.39, 0.29) is 33.3 Å². The second-order valence-electron chi connectivity index (χ2n) is 7.89. The van der Waals surface area contributed by atoms with Gasteiger partial charge in [-0.2, -0.15) is 13.2 Å². The van der Waals surface area contributed by atoms with Gasteiger partial charge in [-0.25, -0.2) is 21.6 Å². The van der Waals surface area contributed by atoms with E-state index < -0.39 is 56.6 Å². The summed E-state index contributed by atoms with van der Waals surface area (Å²) >= 11 is 11.9. The Bertz CT molecular complexity index is 1290. The molecule has 0 bridgehead atoms. The number of halogens is 8. The van der Waals surface area contributed by atoms with Gasteiger partial charge in [0.15, 0.2) is 9.84 Å². The Kier molecular flexibility index (Phi) is 9.53. The molecule has 15 heteroatoms. The van der Waals surface area contributed by atoms with Crippen LogP contribution in [0.4, 0.5) is 32.0 Å². The second-order valence-corrected chi connectivity index (χ2v) is 11.1. The van der Waals surface area contributed by atoms with Gasteiger partial charge in [0.2, 0.25) is 0 Å². The molecule has 0 aromatic heterocycles. The summed E-state index contributed by atoms with van der Waals surface area (Å²) in [6.07, 6.45) is -10.4. The van der Waals surface area contributed by atoms with E-state index in [0.29, 0.717) is 18.2 Å². The van der Waals surface area contributed by atoms with Crippen LogP contribution in [0.5, 0.6) is 0 Å². The first-order chi connectivity index (χ1) is 16.9. The van der Waals surface area contributed by atoms with Crippen LogP contribution in [0.3, 0.4) is 0 Å². The lowest BCUT2D eigenvalue weighted by Gasteiger charge is -2.27. The van der Waals surface area contributed by atoms with Crippen LogP contribution in [-0.2, 0) is 15.5 Å². The average Bonchev–Trinajstić information content (AvgIpc) is 2.78.